The number of ether oxygens (including phenoxy) is 2. The third-order valence-corrected chi connectivity index (χ3v) is 6.11. The number of carboxylic acids is 1. The van der Waals surface area contributed by atoms with E-state index in [1.54, 1.807) is 0 Å². The zero-order valence-electron chi connectivity index (χ0n) is 15.5. The average molecular weight is 364 g/mol. The van der Waals surface area contributed by atoms with Crippen LogP contribution in [0, 0.1) is 17.8 Å². The van der Waals surface area contributed by atoms with E-state index in [1.807, 2.05) is 12.2 Å². The smallest absolute Gasteiger partial charge is 0.329 e. The molecule has 1 saturated carbocycles. The number of hydrogen-bond acceptors (Lipinski definition) is 4. The summed E-state index contributed by atoms with van der Waals surface area (Å²) in [6.45, 7) is 0.0698. The van der Waals surface area contributed by atoms with E-state index >= 15 is 0 Å². The van der Waals surface area contributed by atoms with E-state index in [0.29, 0.717) is 30.5 Å². The van der Waals surface area contributed by atoms with Crippen molar-refractivity contribution in [3.05, 3.63) is 24.3 Å². The lowest BCUT2D eigenvalue weighted by Crippen LogP contribution is -2.25. The SMILES string of the molecule is O=C(O)COC/C=C\C[C@H]1[C@@H](/C=C/C(O)CC2CCCC2)[C@H]2CC[C@@H]1O2. The summed E-state index contributed by atoms with van der Waals surface area (Å²) in [5, 5.41) is 18.9. The molecule has 0 spiro atoms. The second kappa shape index (κ2) is 9.67. The van der Waals surface area contributed by atoms with Gasteiger partial charge in [-0.3, -0.25) is 0 Å². The van der Waals surface area contributed by atoms with Gasteiger partial charge in [0.15, 0.2) is 0 Å². The minimum absolute atomic E-state index is 0.258. The maximum atomic E-state index is 10.4. The highest BCUT2D eigenvalue weighted by Gasteiger charge is 2.46. The molecule has 2 saturated heterocycles. The molecule has 2 heterocycles. The Bertz CT molecular complexity index is 509. The summed E-state index contributed by atoms with van der Waals surface area (Å²) in [7, 11) is 0. The van der Waals surface area contributed by atoms with Crippen LogP contribution in [0.3, 0.4) is 0 Å². The predicted molar refractivity (Wildman–Crippen MR) is 98.8 cm³/mol. The average Bonchev–Trinajstić information content (AvgIpc) is 3.33. The van der Waals surface area contributed by atoms with E-state index in [9.17, 15) is 9.90 Å². The summed E-state index contributed by atoms with van der Waals surface area (Å²) in [4.78, 5) is 10.4. The summed E-state index contributed by atoms with van der Waals surface area (Å²) in [6, 6.07) is 0. The maximum Gasteiger partial charge on any atom is 0.329 e. The Hall–Kier alpha value is -1.17. The van der Waals surface area contributed by atoms with E-state index in [4.69, 9.17) is 14.6 Å². The van der Waals surface area contributed by atoms with Crippen LogP contribution in [0.4, 0.5) is 0 Å². The van der Waals surface area contributed by atoms with Crippen LogP contribution in [0.25, 0.3) is 0 Å². The van der Waals surface area contributed by atoms with Crippen molar-refractivity contribution in [2.75, 3.05) is 13.2 Å². The number of carboxylic acid groups (broad SMARTS) is 1. The molecule has 3 fully saturated rings. The first kappa shape index (κ1) is 19.6. The molecule has 5 heteroatoms. The van der Waals surface area contributed by atoms with E-state index < -0.39 is 5.97 Å². The normalized spacial score (nSPS) is 33.0. The molecule has 26 heavy (non-hydrogen) atoms. The lowest BCUT2D eigenvalue weighted by atomic mass is 9.77. The molecule has 1 unspecified atom stereocenters. The molecular formula is C21H32O5. The van der Waals surface area contributed by atoms with Crippen molar-refractivity contribution in [3.8, 4) is 0 Å². The molecule has 0 amide bonds. The van der Waals surface area contributed by atoms with Crippen LogP contribution in [0.2, 0.25) is 0 Å². The third kappa shape index (κ3) is 5.41. The van der Waals surface area contributed by atoms with Crippen molar-refractivity contribution in [2.45, 2.75) is 69.7 Å². The Labute approximate surface area is 156 Å². The van der Waals surface area contributed by atoms with Crippen LogP contribution in [-0.4, -0.2) is 47.7 Å². The van der Waals surface area contributed by atoms with Gasteiger partial charge in [-0.25, -0.2) is 4.79 Å². The van der Waals surface area contributed by atoms with Gasteiger partial charge < -0.3 is 19.7 Å². The highest BCUT2D eigenvalue weighted by molar-refractivity contribution is 5.67. The Morgan fingerprint density at radius 2 is 1.92 bits per heavy atom. The van der Waals surface area contributed by atoms with Gasteiger partial charge in [0.25, 0.3) is 0 Å². The largest absolute Gasteiger partial charge is 0.480 e. The zero-order valence-corrected chi connectivity index (χ0v) is 15.5. The van der Waals surface area contributed by atoms with Crippen molar-refractivity contribution in [2.24, 2.45) is 17.8 Å². The van der Waals surface area contributed by atoms with Gasteiger partial charge in [0, 0.05) is 5.92 Å². The second-order valence-electron chi connectivity index (χ2n) is 7.99. The Kier molecular flexibility index (Phi) is 7.29. The summed E-state index contributed by atoms with van der Waals surface area (Å²) >= 11 is 0. The summed E-state index contributed by atoms with van der Waals surface area (Å²) < 4.78 is 11.1. The molecule has 2 bridgehead atoms. The van der Waals surface area contributed by atoms with E-state index in [1.165, 1.54) is 25.7 Å². The summed E-state index contributed by atoms with van der Waals surface area (Å²) in [5.74, 6) is 0.563. The minimum Gasteiger partial charge on any atom is -0.480 e. The number of allylic oxidation sites excluding steroid dienone is 1. The third-order valence-electron chi connectivity index (χ3n) is 6.11. The summed E-state index contributed by atoms with van der Waals surface area (Å²) in [5.41, 5.74) is 0. The van der Waals surface area contributed by atoms with Gasteiger partial charge in [0.05, 0.1) is 24.9 Å². The van der Waals surface area contributed by atoms with Crippen LogP contribution in [0.5, 0.6) is 0 Å². The molecule has 2 aliphatic heterocycles. The Morgan fingerprint density at radius 3 is 2.69 bits per heavy atom. The Balaban J connectivity index is 1.46. The summed E-state index contributed by atoms with van der Waals surface area (Å²) in [6.07, 6.45) is 17.6. The number of aliphatic hydroxyl groups is 1. The standard InChI is InChI=1S/C21H32O5/c22-16(13-15-5-1-2-6-15)8-9-18-17(19-10-11-20(18)26-19)7-3-4-12-25-14-21(23)24/h3-4,8-9,15-20,22H,1-2,5-7,10-14H2,(H,23,24)/b4-3-,9-8+/t16?,17-,18+,19-,20+/m0/s1. The van der Waals surface area contributed by atoms with E-state index in [-0.39, 0.29) is 18.8 Å². The van der Waals surface area contributed by atoms with Crippen LogP contribution in [-0.2, 0) is 14.3 Å². The van der Waals surface area contributed by atoms with E-state index in [0.717, 1.165) is 25.7 Å². The number of aliphatic carboxylic acids is 1. The minimum atomic E-state index is -0.943. The highest BCUT2D eigenvalue weighted by atomic mass is 16.5. The van der Waals surface area contributed by atoms with Gasteiger partial charge in [-0.15, -0.1) is 0 Å². The number of carbonyl (C=O) groups is 1. The molecule has 3 aliphatic rings. The van der Waals surface area contributed by atoms with Gasteiger partial charge in [-0.05, 0) is 37.5 Å². The van der Waals surface area contributed by atoms with Crippen LogP contribution < -0.4 is 0 Å². The van der Waals surface area contributed by atoms with Crippen LogP contribution in [0.15, 0.2) is 24.3 Å². The fraction of sp³-hybridized carbons (Fsp3) is 0.762. The van der Waals surface area contributed by atoms with Gasteiger partial charge in [-0.1, -0.05) is 50.0 Å². The topological polar surface area (TPSA) is 76.0 Å². The number of fused-ring (bicyclic) bond motifs is 2. The van der Waals surface area contributed by atoms with Gasteiger partial charge in [0.1, 0.15) is 6.61 Å². The monoisotopic (exact) mass is 364 g/mol. The molecule has 1 aliphatic carbocycles. The first-order valence-electron chi connectivity index (χ1n) is 10.1. The number of hydrogen-bond donors (Lipinski definition) is 2. The fourth-order valence-corrected chi connectivity index (χ4v) is 4.84. The molecule has 0 aromatic rings. The Morgan fingerprint density at radius 1 is 1.15 bits per heavy atom. The lowest BCUT2D eigenvalue weighted by molar-refractivity contribution is -0.141. The fourth-order valence-electron chi connectivity index (χ4n) is 4.84. The molecular weight excluding hydrogens is 332 g/mol. The molecule has 2 N–H and O–H groups in total. The first-order valence-corrected chi connectivity index (χ1v) is 10.1. The molecule has 5 nitrogen and oxygen atoms in total. The first-order chi connectivity index (χ1) is 12.6. The maximum absolute atomic E-state index is 10.4. The van der Waals surface area contributed by atoms with Crippen molar-refractivity contribution < 1.29 is 24.5 Å². The van der Waals surface area contributed by atoms with Crippen molar-refractivity contribution in [1.29, 1.82) is 0 Å². The molecule has 146 valence electrons. The van der Waals surface area contributed by atoms with Crippen LogP contribution in [0.1, 0.15) is 51.4 Å². The lowest BCUT2D eigenvalue weighted by Gasteiger charge is -2.25. The van der Waals surface area contributed by atoms with Crippen molar-refractivity contribution in [3.63, 3.8) is 0 Å². The van der Waals surface area contributed by atoms with Gasteiger partial charge in [0.2, 0.25) is 0 Å². The number of rotatable bonds is 10. The van der Waals surface area contributed by atoms with Gasteiger partial charge >= 0.3 is 5.97 Å². The predicted octanol–water partition coefficient (Wildman–Crippen LogP) is 3.32. The number of aliphatic hydroxyl groups excluding tert-OH is 1. The molecule has 0 radical (unpaired) electrons. The van der Waals surface area contributed by atoms with E-state index in [2.05, 4.69) is 12.2 Å². The quantitative estimate of drug-likeness (QED) is 0.459. The molecule has 0 aromatic carbocycles. The molecule has 3 rings (SSSR count). The second-order valence-corrected chi connectivity index (χ2v) is 7.99. The highest BCUT2D eigenvalue weighted by Crippen LogP contribution is 2.46. The van der Waals surface area contributed by atoms with Crippen LogP contribution >= 0.6 is 0 Å². The zero-order chi connectivity index (χ0) is 18.4. The molecule has 5 atom stereocenters. The van der Waals surface area contributed by atoms with Crippen molar-refractivity contribution >= 4 is 5.97 Å². The molecule has 0 aromatic heterocycles. The van der Waals surface area contributed by atoms with Crippen molar-refractivity contribution in [1.82, 2.24) is 0 Å². The van der Waals surface area contributed by atoms with Gasteiger partial charge in [-0.2, -0.15) is 0 Å².